The van der Waals surface area contributed by atoms with Crippen molar-refractivity contribution >= 4 is 0 Å². The van der Waals surface area contributed by atoms with E-state index in [0.29, 0.717) is 0 Å². The van der Waals surface area contributed by atoms with E-state index in [4.69, 9.17) is 0 Å². The molecule has 1 aliphatic rings. The zero-order valence-corrected chi connectivity index (χ0v) is 14.0. The average molecular weight is 297 g/mol. The van der Waals surface area contributed by atoms with Crippen LogP contribution in [0.3, 0.4) is 0 Å². The molecule has 0 radical (unpaired) electrons. The van der Waals surface area contributed by atoms with E-state index in [1.54, 1.807) is 6.92 Å². The lowest BCUT2D eigenvalue weighted by Gasteiger charge is -2.21. The molecule has 0 aliphatic heterocycles. The summed E-state index contributed by atoms with van der Waals surface area (Å²) < 4.78 is 0. The summed E-state index contributed by atoms with van der Waals surface area (Å²) >= 11 is 0. The Balaban J connectivity index is 1.77. The molecular formula is C18H35NO2. The molecular weight excluding hydrogens is 262 g/mol. The van der Waals surface area contributed by atoms with E-state index in [0.717, 1.165) is 18.8 Å². The zero-order valence-electron chi connectivity index (χ0n) is 14.0. The van der Waals surface area contributed by atoms with Crippen molar-refractivity contribution in [2.24, 2.45) is 5.92 Å². The topological polar surface area (TPSA) is 43.1 Å². The van der Waals surface area contributed by atoms with Gasteiger partial charge in [-0.15, -0.1) is 0 Å². The molecule has 1 unspecified atom stereocenters. The first kappa shape index (κ1) is 18.4. The largest absolute Gasteiger partial charge is 0.264 e. The van der Waals surface area contributed by atoms with Crippen molar-refractivity contribution in [2.45, 2.75) is 109 Å². The second-order valence-corrected chi connectivity index (χ2v) is 7.04. The van der Waals surface area contributed by atoms with Gasteiger partial charge in [0.25, 0.3) is 0 Å². The molecule has 1 atom stereocenters. The molecule has 3 heteroatoms. The van der Waals surface area contributed by atoms with Crippen molar-refractivity contribution in [3.8, 4) is 0 Å². The van der Waals surface area contributed by atoms with Gasteiger partial charge in [-0.1, -0.05) is 83.5 Å². The summed E-state index contributed by atoms with van der Waals surface area (Å²) in [5, 5.41) is 10.5. The van der Waals surface area contributed by atoms with E-state index in [1.165, 1.54) is 83.5 Å². The summed E-state index contributed by atoms with van der Waals surface area (Å²) in [4.78, 5) is 10.3. The standard InChI is InChI=1S/C18H35NO2/c1-17(19(20)21)13-9-6-4-2-3-5-7-10-14-18-15-11-8-12-16-18/h17-18H,2-16H2,1H3. The fourth-order valence-corrected chi connectivity index (χ4v) is 3.51. The molecule has 0 heterocycles. The number of nitrogens with zero attached hydrogens (tertiary/aromatic N) is 1. The van der Waals surface area contributed by atoms with Crippen LogP contribution in [0.5, 0.6) is 0 Å². The van der Waals surface area contributed by atoms with Gasteiger partial charge in [0.15, 0.2) is 0 Å². The fraction of sp³-hybridized carbons (Fsp3) is 1.00. The molecule has 0 saturated heterocycles. The SMILES string of the molecule is CC(CCCCCCCCCCC1CCCCC1)[N+](=O)[O-]. The molecule has 3 nitrogen and oxygen atoms in total. The van der Waals surface area contributed by atoms with Crippen LogP contribution in [0.15, 0.2) is 0 Å². The van der Waals surface area contributed by atoms with E-state index >= 15 is 0 Å². The van der Waals surface area contributed by atoms with Crippen molar-refractivity contribution in [3.05, 3.63) is 10.1 Å². The predicted molar refractivity (Wildman–Crippen MR) is 89.2 cm³/mol. The van der Waals surface area contributed by atoms with Gasteiger partial charge in [-0.25, -0.2) is 0 Å². The maximum absolute atomic E-state index is 10.5. The summed E-state index contributed by atoms with van der Waals surface area (Å²) in [6.07, 6.45) is 20.0. The second-order valence-electron chi connectivity index (χ2n) is 7.04. The molecule has 0 aromatic rings. The highest BCUT2D eigenvalue weighted by Gasteiger charge is 2.12. The minimum Gasteiger partial charge on any atom is -0.264 e. The maximum atomic E-state index is 10.5. The Hall–Kier alpha value is -0.600. The smallest absolute Gasteiger partial charge is 0.210 e. The van der Waals surface area contributed by atoms with Gasteiger partial charge < -0.3 is 0 Å². The molecule has 0 spiro atoms. The number of nitro groups is 1. The van der Waals surface area contributed by atoms with Gasteiger partial charge in [0.2, 0.25) is 6.04 Å². The highest BCUT2D eigenvalue weighted by Crippen LogP contribution is 2.28. The Bertz CT molecular complexity index is 262. The summed E-state index contributed by atoms with van der Waals surface area (Å²) in [5.74, 6) is 1.04. The molecule has 1 fully saturated rings. The Morgan fingerprint density at radius 2 is 1.43 bits per heavy atom. The summed E-state index contributed by atoms with van der Waals surface area (Å²) in [7, 11) is 0. The Labute approximate surface area is 131 Å². The van der Waals surface area contributed by atoms with E-state index in [1.807, 2.05) is 0 Å². The molecule has 0 bridgehead atoms. The molecule has 0 amide bonds. The van der Waals surface area contributed by atoms with Crippen LogP contribution in [-0.2, 0) is 0 Å². The third kappa shape index (κ3) is 9.87. The van der Waals surface area contributed by atoms with E-state index in [2.05, 4.69) is 0 Å². The molecule has 21 heavy (non-hydrogen) atoms. The molecule has 1 aliphatic carbocycles. The summed E-state index contributed by atoms with van der Waals surface area (Å²) in [6.45, 7) is 1.71. The number of hydrogen-bond acceptors (Lipinski definition) is 2. The highest BCUT2D eigenvalue weighted by molar-refractivity contribution is 4.65. The van der Waals surface area contributed by atoms with Gasteiger partial charge in [-0.2, -0.15) is 0 Å². The molecule has 0 aromatic heterocycles. The number of unbranched alkanes of at least 4 members (excludes halogenated alkanes) is 7. The number of rotatable bonds is 12. The minimum absolute atomic E-state index is 0.160. The van der Waals surface area contributed by atoms with Crippen molar-refractivity contribution in [3.63, 3.8) is 0 Å². The molecule has 1 rings (SSSR count). The van der Waals surface area contributed by atoms with Crippen LogP contribution in [-0.4, -0.2) is 11.0 Å². The second kappa shape index (κ2) is 12.0. The van der Waals surface area contributed by atoms with Crippen LogP contribution in [0.1, 0.15) is 103 Å². The lowest BCUT2D eigenvalue weighted by atomic mass is 9.85. The van der Waals surface area contributed by atoms with Crippen LogP contribution >= 0.6 is 0 Å². The van der Waals surface area contributed by atoms with Crippen molar-refractivity contribution in [1.82, 2.24) is 0 Å². The normalized spacial score (nSPS) is 17.8. The monoisotopic (exact) mass is 297 g/mol. The maximum Gasteiger partial charge on any atom is 0.210 e. The third-order valence-corrected chi connectivity index (χ3v) is 5.07. The summed E-state index contributed by atoms with van der Waals surface area (Å²) in [6, 6.07) is -0.357. The van der Waals surface area contributed by atoms with Gasteiger partial charge in [-0.3, -0.25) is 10.1 Å². The Morgan fingerprint density at radius 1 is 0.905 bits per heavy atom. The Morgan fingerprint density at radius 3 is 2.00 bits per heavy atom. The van der Waals surface area contributed by atoms with Crippen LogP contribution in [0.2, 0.25) is 0 Å². The first-order valence-corrected chi connectivity index (χ1v) is 9.33. The van der Waals surface area contributed by atoms with E-state index < -0.39 is 0 Å². The Kier molecular flexibility index (Phi) is 10.5. The first-order chi connectivity index (χ1) is 10.2. The molecule has 0 aromatic carbocycles. The highest BCUT2D eigenvalue weighted by atomic mass is 16.6. The lowest BCUT2D eigenvalue weighted by Crippen LogP contribution is -2.14. The van der Waals surface area contributed by atoms with Gasteiger partial charge >= 0.3 is 0 Å². The molecule has 124 valence electrons. The van der Waals surface area contributed by atoms with Crippen molar-refractivity contribution < 1.29 is 4.92 Å². The average Bonchev–Trinajstić information content (AvgIpc) is 2.49. The number of hydrogen-bond donors (Lipinski definition) is 0. The van der Waals surface area contributed by atoms with Gasteiger partial charge in [0.1, 0.15) is 0 Å². The van der Waals surface area contributed by atoms with Crippen LogP contribution in [0, 0.1) is 16.0 Å². The van der Waals surface area contributed by atoms with Crippen LogP contribution in [0.4, 0.5) is 0 Å². The predicted octanol–water partition coefficient (Wildman–Crippen LogP) is 6.13. The molecule has 0 N–H and O–H groups in total. The lowest BCUT2D eigenvalue weighted by molar-refractivity contribution is -0.519. The van der Waals surface area contributed by atoms with Crippen molar-refractivity contribution in [2.75, 3.05) is 0 Å². The minimum atomic E-state index is -0.357. The molecule has 1 saturated carbocycles. The third-order valence-electron chi connectivity index (χ3n) is 5.07. The first-order valence-electron chi connectivity index (χ1n) is 9.33. The quantitative estimate of drug-likeness (QED) is 0.247. The van der Waals surface area contributed by atoms with Gasteiger partial charge in [0.05, 0.1) is 0 Å². The van der Waals surface area contributed by atoms with Crippen LogP contribution in [0.25, 0.3) is 0 Å². The van der Waals surface area contributed by atoms with Crippen molar-refractivity contribution in [1.29, 1.82) is 0 Å². The van der Waals surface area contributed by atoms with Gasteiger partial charge in [0, 0.05) is 18.3 Å². The van der Waals surface area contributed by atoms with E-state index in [9.17, 15) is 10.1 Å². The summed E-state index contributed by atoms with van der Waals surface area (Å²) in [5.41, 5.74) is 0. The van der Waals surface area contributed by atoms with E-state index in [-0.39, 0.29) is 11.0 Å². The van der Waals surface area contributed by atoms with Crippen LogP contribution < -0.4 is 0 Å². The fourth-order valence-electron chi connectivity index (χ4n) is 3.51. The zero-order chi connectivity index (χ0) is 15.3. The van der Waals surface area contributed by atoms with Gasteiger partial charge in [-0.05, 0) is 12.3 Å².